The van der Waals surface area contributed by atoms with Crippen molar-refractivity contribution in [1.82, 2.24) is 10.2 Å². The zero-order valence-corrected chi connectivity index (χ0v) is 14.0. The fraction of sp³-hybridized carbons (Fsp3) is 0.533. The van der Waals surface area contributed by atoms with Crippen LogP contribution in [0.2, 0.25) is 0 Å². The van der Waals surface area contributed by atoms with Gasteiger partial charge in [-0.15, -0.1) is 0 Å². The molecule has 1 rings (SSSR count). The molecule has 0 unspecified atom stereocenters. The van der Waals surface area contributed by atoms with Crippen molar-refractivity contribution in [3.8, 4) is 5.75 Å². The van der Waals surface area contributed by atoms with E-state index in [0.29, 0.717) is 19.7 Å². The topological polar surface area (TPSA) is 41.6 Å². The average Bonchev–Trinajstić information content (AvgIpc) is 2.45. The van der Waals surface area contributed by atoms with E-state index in [0.717, 1.165) is 28.8 Å². The normalized spacial score (nSPS) is 10.4. The summed E-state index contributed by atoms with van der Waals surface area (Å²) in [5.41, 5.74) is 1.06. The molecule has 0 spiro atoms. The van der Waals surface area contributed by atoms with E-state index in [1.165, 1.54) is 0 Å². The van der Waals surface area contributed by atoms with E-state index < -0.39 is 0 Å². The summed E-state index contributed by atoms with van der Waals surface area (Å²) in [6, 6.07) is 5.94. The molecule has 0 aliphatic carbocycles. The zero-order chi connectivity index (χ0) is 15.0. The van der Waals surface area contributed by atoms with Crippen molar-refractivity contribution in [3.63, 3.8) is 0 Å². The maximum Gasteiger partial charge on any atom is 0.236 e. The first-order valence-corrected chi connectivity index (χ1v) is 7.73. The van der Waals surface area contributed by atoms with Gasteiger partial charge in [-0.05, 0) is 31.5 Å². The highest BCUT2D eigenvalue weighted by atomic mass is 79.9. The Morgan fingerprint density at radius 2 is 2.15 bits per heavy atom. The molecule has 1 aromatic carbocycles. The van der Waals surface area contributed by atoms with Gasteiger partial charge in [-0.3, -0.25) is 4.79 Å². The number of nitrogens with one attached hydrogen (secondary N) is 1. The van der Waals surface area contributed by atoms with E-state index in [1.54, 1.807) is 11.9 Å². The van der Waals surface area contributed by atoms with Crippen molar-refractivity contribution in [2.45, 2.75) is 26.8 Å². The molecule has 1 aromatic rings. The first-order valence-electron chi connectivity index (χ1n) is 6.94. The van der Waals surface area contributed by atoms with Crippen LogP contribution in [0.4, 0.5) is 0 Å². The molecule has 0 atom stereocenters. The molecule has 1 amide bonds. The number of hydrogen-bond donors (Lipinski definition) is 1. The minimum atomic E-state index is 0.0959. The first-order chi connectivity index (χ1) is 9.58. The standard InChI is InChI=1S/C15H23BrN2O2/c1-4-8-20-14-7-6-13(16)9-12(14)10-17-11-15(19)18(3)5-2/h6-7,9,17H,4-5,8,10-11H2,1-3H3. The molecular formula is C15H23BrN2O2. The molecule has 0 fully saturated rings. The third-order valence-corrected chi connectivity index (χ3v) is 3.47. The monoisotopic (exact) mass is 342 g/mol. The maximum absolute atomic E-state index is 11.7. The molecule has 0 bridgehead atoms. The van der Waals surface area contributed by atoms with Gasteiger partial charge < -0.3 is 15.0 Å². The minimum Gasteiger partial charge on any atom is -0.493 e. The lowest BCUT2D eigenvalue weighted by molar-refractivity contribution is -0.128. The molecule has 0 saturated heterocycles. The lowest BCUT2D eigenvalue weighted by atomic mass is 10.2. The molecule has 4 nitrogen and oxygen atoms in total. The predicted molar refractivity (Wildman–Crippen MR) is 84.9 cm³/mol. The SMILES string of the molecule is CCCOc1ccc(Br)cc1CNCC(=O)N(C)CC. The fourth-order valence-corrected chi connectivity index (χ4v) is 2.06. The van der Waals surface area contributed by atoms with Gasteiger partial charge in [0.15, 0.2) is 0 Å². The van der Waals surface area contributed by atoms with Gasteiger partial charge in [-0.1, -0.05) is 22.9 Å². The third-order valence-electron chi connectivity index (χ3n) is 2.98. The Morgan fingerprint density at radius 1 is 1.40 bits per heavy atom. The molecule has 0 heterocycles. The van der Waals surface area contributed by atoms with Crippen LogP contribution in [0.15, 0.2) is 22.7 Å². The summed E-state index contributed by atoms with van der Waals surface area (Å²) in [4.78, 5) is 13.4. The van der Waals surface area contributed by atoms with Gasteiger partial charge in [0.1, 0.15) is 5.75 Å². The number of nitrogens with zero attached hydrogens (tertiary/aromatic N) is 1. The molecule has 1 N–H and O–H groups in total. The largest absolute Gasteiger partial charge is 0.493 e. The lowest BCUT2D eigenvalue weighted by Gasteiger charge is -2.16. The number of likely N-dealkylation sites (N-methyl/N-ethyl adjacent to an activating group) is 1. The van der Waals surface area contributed by atoms with Crippen LogP contribution in [0, 0.1) is 0 Å². The number of halogens is 1. The molecule has 112 valence electrons. The van der Waals surface area contributed by atoms with E-state index in [2.05, 4.69) is 28.2 Å². The van der Waals surface area contributed by atoms with Gasteiger partial charge in [-0.25, -0.2) is 0 Å². The van der Waals surface area contributed by atoms with Crippen LogP contribution in [0.25, 0.3) is 0 Å². The average molecular weight is 343 g/mol. The molecule has 0 aliphatic heterocycles. The van der Waals surface area contributed by atoms with Crippen LogP contribution in [0.5, 0.6) is 5.75 Å². The number of carbonyl (C=O) groups excluding carboxylic acids is 1. The van der Waals surface area contributed by atoms with Crippen molar-refractivity contribution in [2.75, 3.05) is 26.7 Å². The molecule has 0 aliphatic rings. The molecule has 20 heavy (non-hydrogen) atoms. The predicted octanol–water partition coefficient (Wildman–Crippen LogP) is 2.81. The smallest absolute Gasteiger partial charge is 0.236 e. The van der Waals surface area contributed by atoms with E-state index in [4.69, 9.17) is 4.74 Å². The highest BCUT2D eigenvalue weighted by molar-refractivity contribution is 9.10. The molecule has 0 aromatic heterocycles. The van der Waals surface area contributed by atoms with Crippen molar-refractivity contribution >= 4 is 21.8 Å². The van der Waals surface area contributed by atoms with Crippen molar-refractivity contribution < 1.29 is 9.53 Å². The molecule has 5 heteroatoms. The first kappa shape index (κ1) is 17.0. The summed E-state index contributed by atoms with van der Waals surface area (Å²) in [7, 11) is 1.80. The summed E-state index contributed by atoms with van der Waals surface area (Å²) in [6.45, 7) is 6.42. The number of rotatable bonds is 8. The second kappa shape index (κ2) is 8.97. The van der Waals surface area contributed by atoms with Crippen LogP contribution in [-0.4, -0.2) is 37.6 Å². The highest BCUT2D eigenvalue weighted by Crippen LogP contribution is 2.23. The fourth-order valence-electron chi connectivity index (χ4n) is 1.65. The Balaban J connectivity index is 2.57. The number of benzene rings is 1. The van der Waals surface area contributed by atoms with E-state index in [1.807, 2.05) is 25.1 Å². The second-order valence-corrected chi connectivity index (χ2v) is 5.53. The summed E-state index contributed by atoms with van der Waals surface area (Å²) in [5.74, 6) is 0.970. The number of ether oxygens (including phenoxy) is 1. The highest BCUT2D eigenvalue weighted by Gasteiger charge is 2.08. The quantitative estimate of drug-likeness (QED) is 0.789. The van der Waals surface area contributed by atoms with Crippen molar-refractivity contribution in [1.29, 1.82) is 0 Å². The number of carbonyl (C=O) groups is 1. The van der Waals surface area contributed by atoms with Gasteiger partial charge in [0, 0.05) is 30.2 Å². The Bertz CT molecular complexity index is 438. The lowest BCUT2D eigenvalue weighted by Crippen LogP contribution is -2.35. The van der Waals surface area contributed by atoms with E-state index in [-0.39, 0.29) is 5.91 Å². The molecular weight excluding hydrogens is 320 g/mol. The van der Waals surface area contributed by atoms with Crippen molar-refractivity contribution in [3.05, 3.63) is 28.2 Å². The number of amides is 1. The van der Waals surface area contributed by atoms with Gasteiger partial charge in [0.05, 0.1) is 13.2 Å². The van der Waals surface area contributed by atoms with Crippen molar-refractivity contribution in [2.24, 2.45) is 0 Å². The van der Waals surface area contributed by atoms with Gasteiger partial charge in [0.2, 0.25) is 5.91 Å². The summed E-state index contributed by atoms with van der Waals surface area (Å²) >= 11 is 3.46. The van der Waals surface area contributed by atoms with Crippen LogP contribution in [-0.2, 0) is 11.3 Å². The Kier molecular flexibility index (Phi) is 7.62. The minimum absolute atomic E-state index is 0.0959. The van der Waals surface area contributed by atoms with Gasteiger partial charge in [-0.2, -0.15) is 0 Å². The Morgan fingerprint density at radius 3 is 2.80 bits per heavy atom. The van der Waals surface area contributed by atoms with E-state index >= 15 is 0 Å². The molecule has 0 radical (unpaired) electrons. The molecule has 0 saturated carbocycles. The van der Waals surface area contributed by atoms with E-state index in [9.17, 15) is 4.79 Å². The van der Waals surface area contributed by atoms with Crippen LogP contribution in [0.3, 0.4) is 0 Å². The number of hydrogen-bond acceptors (Lipinski definition) is 3. The summed E-state index contributed by atoms with van der Waals surface area (Å²) in [5, 5.41) is 3.17. The third kappa shape index (κ3) is 5.51. The Labute approximate surface area is 129 Å². The van der Waals surface area contributed by atoms with Crippen LogP contribution >= 0.6 is 15.9 Å². The van der Waals surface area contributed by atoms with Crippen LogP contribution in [0.1, 0.15) is 25.8 Å². The van der Waals surface area contributed by atoms with Gasteiger partial charge >= 0.3 is 0 Å². The summed E-state index contributed by atoms with van der Waals surface area (Å²) < 4.78 is 6.72. The second-order valence-electron chi connectivity index (χ2n) is 4.61. The van der Waals surface area contributed by atoms with Crippen LogP contribution < -0.4 is 10.1 Å². The maximum atomic E-state index is 11.7. The summed E-state index contributed by atoms with van der Waals surface area (Å²) in [6.07, 6.45) is 0.975. The zero-order valence-electron chi connectivity index (χ0n) is 12.4. The Hall–Kier alpha value is -1.07. The van der Waals surface area contributed by atoms with Gasteiger partial charge in [0.25, 0.3) is 0 Å².